The number of piperidine rings is 1. The van der Waals surface area contributed by atoms with Crippen molar-refractivity contribution < 1.29 is 18.6 Å². The molecular formula is C36H35ClFN5O3S. The van der Waals surface area contributed by atoms with E-state index in [0.29, 0.717) is 33.9 Å². The Labute approximate surface area is 281 Å². The molecule has 0 amide bonds. The van der Waals surface area contributed by atoms with Gasteiger partial charge in [0.2, 0.25) is 0 Å². The Balaban J connectivity index is 0.926. The summed E-state index contributed by atoms with van der Waals surface area (Å²) in [6.07, 6.45) is 5.66. The number of para-hydroxylation sites is 1. The average molecular weight is 672 g/mol. The molecule has 0 bridgehead atoms. The van der Waals surface area contributed by atoms with Gasteiger partial charge in [-0.3, -0.25) is 4.90 Å². The summed E-state index contributed by atoms with van der Waals surface area (Å²) in [5.41, 5.74) is 4.65. The Bertz CT molecular complexity index is 1980. The quantitative estimate of drug-likeness (QED) is 0.165. The van der Waals surface area contributed by atoms with Crippen LogP contribution >= 0.6 is 23.1 Å². The molecule has 3 aromatic carbocycles. The highest BCUT2D eigenvalue weighted by Crippen LogP contribution is 2.50. The van der Waals surface area contributed by atoms with Crippen LogP contribution in [0.15, 0.2) is 54.6 Å². The third-order valence-corrected chi connectivity index (χ3v) is 11.1. The van der Waals surface area contributed by atoms with Gasteiger partial charge in [-0.25, -0.2) is 14.4 Å². The topological polar surface area (TPSA) is 74.5 Å². The third-order valence-electron chi connectivity index (χ3n) is 10.1. The summed E-state index contributed by atoms with van der Waals surface area (Å²) in [7, 11) is 0. The van der Waals surface area contributed by atoms with Crippen molar-refractivity contribution in [2.75, 3.05) is 19.7 Å². The van der Waals surface area contributed by atoms with Crippen LogP contribution in [-0.4, -0.2) is 49.6 Å². The lowest BCUT2D eigenvalue weighted by Crippen LogP contribution is -2.35. The van der Waals surface area contributed by atoms with Crippen LogP contribution in [0.25, 0.3) is 21.6 Å². The second-order valence-corrected chi connectivity index (χ2v) is 14.5. The van der Waals surface area contributed by atoms with Gasteiger partial charge in [0.15, 0.2) is 11.5 Å². The summed E-state index contributed by atoms with van der Waals surface area (Å²) >= 11 is 7.49. The lowest BCUT2D eigenvalue weighted by Gasteiger charge is -2.33. The minimum Gasteiger partial charge on any atom is -0.444 e. The van der Waals surface area contributed by atoms with Crippen LogP contribution in [0.3, 0.4) is 0 Å². The SMILES string of the molecule is CC1(c2ccc(Cl)cc2F)Oc2cccc(C3CCN(Cc4nc5cc(-c6nc(C7CC7)ns6)ccc5n4C[C@@H]4CCO4)CC3)c2O1. The Morgan fingerprint density at radius 3 is 2.60 bits per heavy atom. The Kier molecular flexibility index (Phi) is 7.26. The Hall–Kier alpha value is -3.57. The number of aromatic nitrogens is 4. The average Bonchev–Trinajstić information content (AvgIpc) is 3.50. The van der Waals surface area contributed by atoms with Gasteiger partial charge in [-0.2, -0.15) is 4.37 Å². The molecule has 2 atom stereocenters. The number of rotatable bonds is 8. The fourth-order valence-corrected chi connectivity index (χ4v) is 8.06. The summed E-state index contributed by atoms with van der Waals surface area (Å²) < 4.78 is 40.4. The molecule has 2 aromatic heterocycles. The van der Waals surface area contributed by atoms with E-state index in [1.165, 1.54) is 30.4 Å². The highest BCUT2D eigenvalue weighted by molar-refractivity contribution is 7.09. The van der Waals surface area contributed by atoms with Gasteiger partial charge >= 0.3 is 0 Å². The van der Waals surface area contributed by atoms with Gasteiger partial charge in [-0.1, -0.05) is 23.7 Å². The molecule has 1 unspecified atom stereocenters. The molecule has 1 aliphatic carbocycles. The predicted octanol–water partition coefficient (Wildman–Crippen LogP) is 8.04. The molecular weight excluding hydrogens is 637 g/mol. The fraction of sp³-hybridized carbons (Fsp3) is 0.417. The molecule has 5 aromatic rings. The smallest absolute Gasteiger partial charge is 0.278 e. The second kappa shape index (κ2) is 11.5. The molecule has 2 saturated heterocycles. The summed E-state index contributed by atoms with van der Waals surface area (Å²) in [6, 6.07) is 17.1. The lowest BCUT2D eigenvalue weighted by molar-refractivity contribution is -0.0712. The van der Waals surface area contributed by atoms with Crippen molar-refractivity contribution in [2.24, 2.45) is 0 Å². The zero-order chi connectivity index (χ0) is 31.7. The van der Waals surface area contributed by atoms with Gasteiger partial charge in [0.25, 0.3) is 5.79 Å². The number of hydrogen-bond donors (Lipinski definition) is 0. The summed E-state index contributed by atoms with van der Waals surface area (Å²) in [5.74, 6) is 2.56. The van der Waals surface area contributed by atoms with Crippen molar-refractivity contribution >= 4 is 34.2 Å². The first-order valence-corrected chi connectivity index (χ1v) is 17.7. The van der Waals surface area contributed by atoms with E-state index in [9.17, 15) is 4.39 Å². The highest BCUT2D eigenvalue weighted by atomic mass is 35.5. The Morgan fingerprint density at radius 2 is 1.83 bits per heavy atom. The zero-order valence-electron chi connectivity index (χ0n) is 26.1. The van der Waals surface area contributed by atoms with E-state index in [1.807, 2.05) is 12.1 Å². The van der Waals surface area contributed by atoms with Crippen molar-refractivity contribution in [2.45, 2.75) is 75.8 Å². The third kappa shape index (κ3) is 5.49. The fourth-order valence-electron chi connectivity index (χ4n) is 7.17. The van der Waals surface area contributed by atoms with Crippen LogP contribution < -0.4 is 9.47 Å². The van der Waals surface area contributed by atoms with Gasteiger partial charge < -0.3 is 18.8 Å². The monoisotopic (exact) mass is 671 g/mol. The van der Waals surface area contributed by atoms with E-state index >= 15 is 0 Å². The number of halogens is 2. The molecule has 0 N–H and O–H groups in total. The largest absolute Gasteiger partial charge is 0.444 e. The van der Waals surface area contributed by atoms with Crippen LogP contribution in [0, 0.1) is 5.82 Å². The molecule has 242 valence electrons. The molecule has 5 heterocycles. The van der Waals surface area contributed by atoms with Crippen LogP contribution in [0.4, 0.5) is 4.39 Å². The van der Waals surface area contributed by atoms with Gasteiger partial charge in [-0.15, -0.1) is 0 Å². The van der Waals surface area contributed by atoms with Gasteiger partial charge in [0.05, 0.1) is 35.8 Å². The second-order valence-electron chi connectivity index (χ2n) is 13.4. The normalized spacial score (nSPS) is 23.0. The molecule has 0 radical (unpaired) electrons. The predicted molar refractivity (Wildman–Crippen MR) is 179 cm³/mol. The van der Waals surface area contributed by atoms with E-state index in [-0.39, 0.29) is 6.10 Å². The van der Waals surface area contributed by atoms with Crippen LogP contribution in [-0.2, 0) is 23.6 Å². The van der Waals surface area contributed by atoms with Crippen molar-refractivity contribution in [3.8, 4) is 22.1 Å². The van der Waals surface area contributed by atoms with E-state index in [4.69, 9.17) is 35.8 Å². The van der Waals surface area contributed by atoms with E-state index in [2.05, 4.69) is 38.1 Å². The first-order valence-electron chi connectivity index (χ1n) is 16.5. The van der Waals surface area contributed by atoms with Gasteiger partial charge in [0.1, 0.15) is 22.5 Å². The number of benzene rings is 3. The number of imidazole rings is 1. The van der Waals surface area contributed by atoms with E-state index in [0.717, 1.165) is 90.9 Å². The molecule has 3 fully saturated rings. The standard InChI is InChI=1S/C36H35ClFN5O3S/c1-36(27-9-8-24(37)18-28(27)38)45-31-4-2-3-26(33(31)46-36)21-11-14-42(15-12-21)20-32-39-29-17-23(35-40-34(41-47-35)22-5-6-22)7-10-30(29)43(32)19-25-13-16-44-25/h2-4,7-10,17-18,21-22,25H,5-6,11-16,19-20H2,1H3/t25-,36?/m0/s1. The molecule has 8 nitrogen and oxygen atoms in total. The maximum Gasteiger partial charge on any atom is 0.278 e. The van der Waals surface area contributed by atoms with Crippen LogP contribution in [0.5, 0.6) is 11.5 Å². The molecule has 9 rings (SSSR count). The molecule has 3 aliphatic heterocycles. The number of fused-ring (bicyclic) bond motifs is 2. The highest BCUT2D eigenvalue weighted by Gasteiger charge is 2.43. The Morgan fingerprint density at radius 1 is 0.979 bits per heavy atom. The number of hydrogen-bond acceptors (Lipinski definition) is 8. The molecule has 1 saturated carbocycles. The van der Waals surface area contributed by atoms with E-state index in [1.54, 1.807) is 19.1 Å². The minimum absolute atomic E-state index is 0.232. The molecule has 47 heavy (non-hydrogen) atoms. The van der Waals surface area contributed by atoms with Crippen molar-refractivity contribution in [1.29, 1.82) is 0 Å². The number of likely N-dealkylation sites (tertiary alicyclic amines) is 1. The van der Waals surface area contributed by atoms with Crippen LogP contribution in [0.1, 0.15) is 73.6 Å². The van der Waals surface area contributed by atoms with Crippen molar-refractivity contribution in [3.05, 3.63) is 88.2 Å². The van der Waals surface area contributed by atoms with E-state index < -0.39 is 11.6 Å². The lowest BCUT2D eigenvalue weighted by atomic mass is 9.88. The maximum absolute atomic E-state index is 14.9. The number of nitrogens with zero attached hydrogens (tertiary/aromatic N) is 5. The van der Waals surface area contributed by atoms with Crippen molar-refractivity contribution in [3.63, 3.8) is 0 Å². The summed E-state index contributed by atoms with van der Waals surface area (Å²) in [4.78, 5) is 12.5. The first kappa shape index (κ1) is 29.6. The molecule has 4 aliphatic rings. The van der Waals surface area contributed by atoms with Gasteiger partial charge in [0, 0.05) is 35.6 Å². The maximum atomic E-state index is 14.9. The minimum atomic E-state index is -1.26. The van der Waals surface area contributed by atoms with Crippen molar-refractivity contribution in [1.82, 2.24) is 23.8 Å². The first-order chi connectivity index (χ1) is 22.9. The summed E-state index contributed by atoms with van der Waals surface area (Å²) in [6.45, 7) is 6.04. The van der Waals surface area contributed by atoms with Crippen LogP contribution in [0.2, 0.25) is 5.02 Å². The molecule has 11 heteroatoms. The van der Waals surface area contributed by atoms with Gasteiger partial charge in [-0.05, 0) is 105 Å². The zero-order valence-corrected chi connectivity index (χ0v) is 27.7. The number of ether oxygens (including phenoxy) is 3. The summed E-state index contributed by atoms with van der Waals surface area (Å²) in [5, 5.41) is 1.31. The molecule has 0 spiro atoms.